The lowest BCUT2D eigenvalue weighted by atomic mass is 10.1. The Morgan fingerprint density at radius 2 is 2.11 bits per heavy atom. The number of nitrogens with zero attached hydrogens (tertiary/aromatic N) is 1. The third kappa shape index (κ3) is 2.25. The first-order chi connectivity index (χ1) is 9.16. The summed E-state index contributed by atoms with van der Waals surface area (Å²) in [6.45, 7) is 1.99. The Morgan fingerprint density at radius 3 is 2.84 bits per heavy atom. The van der Waals surface area contributed by atoms with E-state index in [0.717, 1.165) is 31.9 Å². The second kappa shape index (κ2) is 4.93. The lowest BCUT2D eigenvalue weighted by Crippen LogP contribution is -2.11. The fourth-order valence-corrected chi connectivity index (χ4v) is 3.41. The SMILES string of the molecule is Cc1csc(C(N)c2cnc3ccccc3c2)c1Cl. The number of pyridine rings is 1. The van der Waals surface area contributed by atoms with Crippen molar-refractivity contribution in [1.82, 2.24) is 4.98 Å². The van der Waals surface area contributed by atoms with Gasteiger partial charge >= 0.3 is 0 Å². The molecule has 2 aromatic heterocycles. The van der Waals surface area contributed by atoms with Crippen molar-refractivity contribution in [3.05, 3.63) is 62.9 Å². The van der Waals surface area contributed by atoms with Gasteiger partial charge in [0, 0.05) is 16.5 Å². The van der Waals surface area contributed by atoms with E-state index >= 15 is 0 Å². The van der Waals surface area contributed by atoms with Gasteiger partial charge in [0.15, 0.2) is 0 Å². The summed E-state index contributed by atoms with van der Waals surface area (Å²) < 4.78 is 0. The maximum atomic E-state index is 6.31. The van der Waals surface area contributed by atoms with Crippen LogP contribution in [-0.4, -0.2) is 4.98 Å². The second-order valence-electron chi connectivity index (χ2n) is 4.54. The van der Waals surface area contributed by atoms with Crippen molar-refractivity contribution < 1.29 is 0 Å². The largest absolute Gasteiger partial charge is 0.320 e. The van der Waals surface area contributed by atoms with E-state index in [1.807, 2.05) is 42.8 Å². The van der Waals surface area contributed by atoms with Crippen LogP contribution in [0.1, 0.15) is 22.0 Å². The van der Waals surface area contributed by atoms with E-state index in [0.29, 0.717) is 0 Å². The smallest absolute Gasteiger partial charge is 0.0702 e. The zero-order chi connectivity index (χ0) is 13.4. The molecular weight excluding hydrogens is 276 g/mol. The molecule has 0 amide bonds. The number of halogens is 1. The fourth-order valence-electron chi connectivity index (χ4n) is 2.07. The number of hydrogen-bond acceptors (Lipinski definition) is 3. The van der Waals surface area contributed by atoms with Crippen LogP contribution in [0.15, 0.2) is 41.9 Å². The number of para-hydroxylation sites is 1. The third-order valence-corrected chi connectivity index (χ3v) is 4.98. The molecule has 0 aliphatic carbocycles. The average Bonchev–Trinajstić information content (AvgIpc) is 2.78. The molecule has 2 N–H and O–H groups in total. The number of thiophene rings is 1. The van der Waals surface area contributed by atoms with Crippen LogP contribution in [0.3, 0.4) is 0 Å². The maximum Gasteiger partial charge on any atom is 0.0702 e. The summed E-state index contributed by atoms with van der Waals surface area (Å²) in [5.74, 6) is 0. The summed E-state index contributed by atoms with van der Waals surface area (Å²) >= 11 is 7.88. The number of aromatic nitrogens is 1. The molecule has 4 heteroatoms. The molecule has 96 valence electrons. The quantitative estimate of drug-likeness (QED) is 0.763. The molecule has 19 heavy (non-hydrogen) atoms. The van der Waals surface area contributed by atoms with Crippen LogP contribution in [0.2, 0.25) is 5.02 Å². The number of benzene rings is 1. The molecule has 2 nitrogen and oxygen atoms in total. The number of fused-ring (bicyclic) bond motifs is 1. The Labute approximate surface area is 120 Å². The van der Waals surface area contributed by atoms with Crippen LogP contribution in [0.4, 0.5) is 0 Å². The zero-order valence-electron chi connectivity index (χ0n) is 10.4. The molecule has 0 saturated heterocycles. The standard InChI is InChI=1S/C15H13ClN2S/c1-9-8-19-15(13(9)16)14(17)11-6-10-4-2-3-5-12(10)18-7-11/h2-8,14H,17H2,1H3. The molecule has 3 rings (SSSR count). The van der Waals surface area contributed by atoms with Gasteiger partial charge in [0.1, 0.15) is 0 Å². The maximum absolute atomic E-state index is 6.31. The molecule has 0 fully saturated rings. The molecule has 3 aromatic rings. The van der Waals surface area contributed by atoms with Gasteiger partial charge < -0.3 is 5.73 Å². The normalized spacial score (nSPS) is 12.8. The third-order valence-electron chi connectivity index (χ3n) is 3.18. The Morgan fingerprint density at radius 1 is 1.32 bits per heavy atom. The van der Waals surface area contributed by atoms with Crippen LogP contribution < -0.4 is 5.73 Å². The van der Waals surface area contributed by atoms with Gasteiger partial charge in [-0.1, -0.05) is 29.8 Å². The van der Waals surface area contributed by atoms with E-state index in [1.54, 1.807) is 11.3 Å². The predicted molar refractivity (Wildman–Crippen MR) is 81.8 cm³/mol. The first kappa shape index (κ1) is 12.6. The van der Waals surface area contributed by atoms with Gasteiger partial charge in [-0.3, -0.25) is 4.98 Å². The van der Waals surface area contributed by atoms with Crippen LogP contribution in [0.5, 0.6) is 0 Å². The number of nitrogens with two attached hydrogens (primary N) is 1. The lowest BCUT2D eigenvalue weighted by Gasteiger charge is -2.11. The Balaban J connectivity index is 2.06. The van der Waals surface area contributed by atoms with Gasteiger partial charge in [-0.15, -0.1) is 11.3 Å². The first-order valence-electron chi connectivity index (χ1n) is 6.00. The molecule has 0 aliphatic heterocycles. The van der Waals surface area contributed by atoms with Gasteiger partial charge in [-0.2, -0.15) is 0 Å². The summed E-state index contributed by atoms with van der Waals surface area (Å²) in [7, 11) is 0. The van der Waals surface area contributed by atoms with Crippen LogP contribution in [-0.2, 0) is 0 Å². The molecule has 1 aromatic carbocycles. The molecule has 0 radical (unpaired) electrons. The molecular formula is C15H13ClN2S. The number of hydrogen-bond donors (Lipinski definition) is 1. The molecule has 0 spiro atoms. The average molecular weight is 289 g/mol. The molecule has 1 unspecified atom stereocenters. The summed E-state index contributed by atoms with van der Waals surface area (Å²) in [6, 6.07) is 9.88. The highest BCUT2D eigenvalue weighted by molar-refractivity contribution is 7.10. The van der Waals surface area contributed by atoms with Crippen molar-refractivity contribution in [2.24, 2.45) is 5.73 Å². The van der Waals surface area contributed by atoms with Crippen molar-refractivity contribution >= 4 is 33.8 Å². The van der Waals surface area contributed by atoms with Crippen molar-refractivity contribution in [2.45, 2.75) is 13.0 Å². The van der Waals surface area contributed by atoms with Crippen LogP contribution >= 0.6 is 22.9 Å². The van der Waals surface area contributed by atoms with Crippen LogP contribution in [0, 0.1) is 6.92 Å². The van der Waals surface area contributed by atoms with Crippen LogP contribution in [0.25, 0.3) is 10.9 Å². The first-order valence-corrected chi connectivity index (χ1v) is 7.26. The zero-order valence-corrected chi connectivity index (χ0v) is 12.0. The highest BCUT2D eigenvalue weighted by atomic mass is 35.5. The van der Waals surface area contributed by atoms with Crippen molar-refractivity contribution in [3.63, 3.8) is 0 Å². The van der Waals surface area contributed by atoms with E-state index in [-0.39, 0.29) is 6.04 Å². The summed E-state index contributed by atoms with van der Waals surface area (Å²) in [5.41, 5.74) is 9.35. The molecule has 0 saturated carbocycles. The lowest BCUT2D eigenvalue weighted by molar-refractivity contribution is 0.887. The highest BCUT2D eigenvalue weighted by Gasteiger charge is 2.16. The van der Waals surface area contributed by atoms with Gasteiger partial charge in [0.2, 0.25) is 0 Å². The predicted octanol–water partition coefficient (Wildman–Crippen LogP) is 4.31. The van der Waals surface area contributed by atoms with E-state index < -0.39 is 0 Å². The topological polar surface area (TPSA) is 38.9 Å². The number of rotatable bonds is 2. The number of aryl methyl sites for hydroxylation is 1. The van der Waals surface area contributed by atoms with Crippen molar-refractivity contribution in [1.29, 1.82) is 0 Å². The fraction of sp³-hybridized carbons (Fsp3) is 0.133. The van der Waals surface area contributed by atoms with Gasteiger partial charge in [0.05, 0.1) is 16.6 Å². The van der Waals surface area contributed by atoms with Gasteiger partial charge in [-0.05, 0) is 35.6 Å². The Kier molecular flexibility index (Phi) is 3.27. The van der Waals surface area contributed by atoms with Gasteiger partial charge in [-0.25, -0.2) is 0 Å². The minimum atomic E-state index is -0.219. The van der Waals surface area contributed by atoms with Crippen molar-refractivity contribution in [3.8, 4) is 0 Å². The minimum Gasteiger partial charge on any atom is -0.320 e. The summed E-state index contributed by atoms with van der Waals surface area (Å²) in [5, 5.41) is 3.90. The summed E-state index contributed by atoms with van der Waals surface area (Å²) in [4.78, 5) is 5.44. The van der Waals surface area contributed by atoms with E-state index in [1.165, 1.54) is 0 Å². The highest BCUT2D eigenvalue weighted by Crippen LogP contribution is 2.34. The van der Waals surface area contributed by atoms with E-state index in [4.69, 9.17) is 17.3 Å². The Bertz CT molecular complexity index is 736. The minimum absolute atomic E-state index is 0.219. The molecule has 0 bridgehead atoms. The van der Waals surface area contributed by atoms with Crippen molar-refractivity contribution in [2.75, 3.05) is 0 Å². The van der Waals surface area contributed by atoms with Gasteiger partial charge in [0.25, 0.3) is 0 Å². The summed E-state index contributed by atoms with van der Waals surface area (Å²) in [6.07, 6.45) is 1.83. The molecule has 0 aliphatic rings. The van der Waals surface area contributed by atoms with E-state index in [9.17, 15) is 0 Å². The van der Waals surface area contributed by atoms with E-state index in [2.05, 4.69) is 11.1 Å². The monoisotopic (exact) mass is 288 g/mol. The molecule has 2 heterocycles. The molecule has 1 atom stereocenters. The second-order valence-corrected chi connectivity index (χ2v) is 5.83. The Hall–Kier alpha value is -1.42.